The Morgan fingerprint density at radius 1 is 1.26 bits per heavy atom. The summed E-state index contributed by atoms with van der Waals surface area (Å²) in [5, 5.41) is 2.68. The van der Waals surface area contributed by atoms with Crippen LogP contribution in [0.25, 0.3) is 0 Å². The van der Waals surface area contributed by atoms with Crippen molar-refractivity contribution in [2.45, 2.75) is 31.1 Å². The van der Waals surface area contributed by atoms with Crippen molar-refractivity contribution in [3.63, 3.8) is 0 Å². The Bertz CT molecular complexity index is 1140. The van der Waals surface area contributed by atoms with Crippen molar-refractivity contribution in [3.05, 3.63) is 63.4 Å². The van der Waals surface area contributed by atoms with Crippen molar-refractivity contribution < 1.29 is 22.0 Å². The van der Waals surface area contributed by atoms with E-state index in [9.17, 15) is 22.0 Å². The molecule has 166 valence electrons. The zero-order valence-corrected chi connectivity index (χ0v) is 20.1. The lowest BCUT2D eigenvalue weighted by molar-refractivity contribution is -0.119. The van der Waals surface area contributed by atoms with Crippen LogP contribution in [0.4, 0.5) is 8.78 Å². The van der Waals surface area contributed by atoms with Crippen LogP contribution in [0, 0.1) is 23.5 Å². The Morgan fingerprint density at radius 2 is 1.87 bits per heavy atom. The summed E-state index contributed by atoms with van der Waals surface area (Å²) in [7, 11) is -3.43. The molecule has 1 amide bonds. The van der Waals surface area contributed by atoms with Gasteiger partial charge in [-0.25, -0.2) is 22.2 Å². The molecule has 2 aromatic rings. The van der Waals surface area contributed by atoms with Gasteiger partial charge in [-0.3, -0.25) is 4.79 Å². The monoisotopic (exact) mass is 532 g/mol. The number of aromatic nitrogens is 1. The Kier molecular flexibility index (Phi) is 8.20. The number of carbonyl (C=O) groups is 1. The maximum atomic E-state index is 13.6. The van der Waals surface area contributed by atoms with Gasteiger partial charge in [-0.05, 0) is 71.9 Å². The average molecular weight is 534 g/mol. The highest BCUT2D eigenvalue weighted by molar-refractivity contribution is 9.10. The molecule has 1 atom stereocenters. The molecular weight excluding hydrogens is 514 g/mol. The molecule has 1 heterocycles. The van der Waals surface area contributed by atoms with Crippen LogP contribution < -0.4 is 5.32 Å². The van der Waals surface area contributed by atoms with Crippen LogP contribution in [-0.4, -0.2) is 36.2 Å². The lowest BCUT2D eigenvalue weighted by atomic mass is 10.0. The lowest BCUT2D eigenvalue weighted by Gasteiger charge is -2.20. The SMILES string of the molecule is CC(C)(C#Cc1ccc(Br)c([C@H](Cc2cc(F)cc(F)c2)NC(=O)CCl)n1)S(C)(=O)=O. The highest BCUT2D eigenvalue weighted by atomic mass is 79.9. The van der Waals surface area contributed by atoms with Crippen LogP contribution in [0.3, 0.4) is 0 Å². The van der Waals surface area contributed by atoms with E-state index in [1.165, 1.54) is 13.8 Å². The van der Waals surface area contributed by atoms with Crippen molar-refractivity contribution in [1.29, 1.82) is 0 Å². The minimum absolute atomic E-state index is 0.0363. The maximum Gasteiger partial charge on any atom is 0.235 e. The first-order valence-corrected chi connectivity index (χ1v) is 12.2. The number of carbonyl (C=O) groups excluding carboxylic acids is 1. The second-order valence-corrected chi connectivity index (χ2v) is 11.0. The molecule has 0 saturated carbocycles. The van der Waals surface area contributed by atoms with E-state index in [1.807, 2.05) is 0 Å². The van der Waals surface area contributed by atoms with Gasteiger partial charge >= 0.3 is 0 Å². The van der Waals surface area contributed by atoms with Gasteiger partial charge in [0.05, 0.1) is 11.7 Å². The maximum absolute atomic E-state index is 13.6. The third kappa shape index (κ3) is 6.99. The number of hydrogen-bond donors (Lipinski definition) is 1. The second kappa shape index (κ2) is 10.1. The molecular formula is C21H20BrClF2N2O3S. The van der Waals surface area contributed by atoms with Crippen LogP contribution in [-0.2, 0) is 21.1 Å². The quantitative estimate of drug-likeness (QED) is 0.451. The smallest absolute Gasteiger partial charge is 0.235 e. The molecule has 1 aromatic carbocycles. The van der Waals surface area contributed by atoms with Crippen molar-refractivity contribution in [3.8, 4) is 11.8 Å². The zero-order valence-electron chi connectivity index (χ0n) is 17.0. The number of benzene rings is 1. The molecule has 0 radical (unpaired) electrons. The zero-order chi connectivity index (χ0) is 23.4. The average Bonchev–Trinajstić information content (AvgIpc) is 2.65. The van der Waals surface area contributed by atoms with Gasteiger partial charge in [0.1, 0.15) is 28.0 Å². The minimum atomic E-state index is -3.43. The number of pyridine rings is 1. The van der Waals surface area contributed by atoms with E-state index >= 15 is 0 Å². The van der Waals surface area contributed by atoms with E-state index in [-0.39, 0.29) is 18.0 Å². The molecule has 0 aliphatic heterocycles. The molecule has 0 aliphatic rings. The molecule has 0 unspecified atom stereocenters. The molecule has 10 heteroatoms. The number of rotatable bonds is 6. The molecule has 0 fully saturated rings. The number of amides is 1. The second-order valence-electron chi connectivity index (χ2n) is 7.33. The Morgan fingerprint density at radius 3 is 2.42 bits per heavy atom. The van der Waals surface area contributed by atoms with Gasteiger partial charge in [-0.1, -0.05) is 5.92 Å². The summed E-state index contributed by atoms with van der Waals surface area (Å²) in [6.07, 6.45) is 1.13. The van der Waals surface area contributed by atoms with Gasteiger partial charge in [0.2, 0.25) is 5.91 Å². The number of halogens is 4. The van der Waals surface area contributed by atoms with E-state index < -0.39 is 38.2 Å². The summed E-state index contributed by atoms with van der Waals surface area (Å²) in [5.41, 5.74) is 0.929. The van der Waals surface area contributed by atoms with Crippen molar-refractivity contribution in [2.24, 2.45) is 0 Å². The largest absolute Gasteiger partial charge is 0.346 e. The summed E-state index contributed by atoms with van der Waals surface area (Å²) in [6, 6.07) is 5.53. The number of sulfone groups is 1. The van der Waals surface area contributed by atoms with Crippen molar-refractivity contribution in [2.75, 3.05) is 12.1 Å². The van der Waals surface area contributed by atoms with Gasteiger partial charge in [0.25, 0.3) is 0 Å². The van der Waals surface area contributed by atoms with Gasteiger partial charge in [0.15, 0.2) is 9.84 Å². The number of hydrogen-bond acceptors (Lipinski definition) is 4. The Labute approximate surface area is 193 Å². The van der Waals surface area contributed by atoms with Crippen LogP contribution >= 0.6 is 27.5 Å². The first-order valence-electron chi connectivity index (χ1n) is 9.02. The normalized spacial score (nSPS) is 12.6. The molecule has 0 spiro atoms. The molecule has 5 nitrogen and oxygen atoms in total. The van der Waals surface area contributed by atoms with Crippen LogP contribution in [0.1, 0.15) is 36.8 Å². The third-order valence-corrected chi connectivity index (χ3v) is 7.31. The molecule has 31 heavy (non-hydrogen) atoms. The fourth-order valence-electron chi connectivity index (χ4n) is 2.49. The van der Waals surface area contributed by atoms with E-state index in [2.05, 4.69) is 38.1 Å². The fourth-order valence-corrected chi connectivity index (χ4v) is 3.30. The van der Waals surface area contributed by atoms with E-state index in [4.69, 9.17) is 11.6 Å². The molecule has 1 N–H and O–H groups in total. The predicted octanol–water partition coefficient (Wildman–Crippen LogP) is 3.94. The fraction of sp³-hybridized carbons (Fsp3) is 0.333. The molecule has 0 bridgehead atoms. The Hall–Kier alpha value is -2.02. The van der Waals surface area contributed by atoms with Crippen LogP contribution in [0.15, 0.2) is 34.8 Å². The van der Waals surface area contributed by atoms with Gasteiger partial charge in [0, 0.05) is 16.8 Å². The molecule has 1 aromatic heterocycles. The standard InChI is InChI=1S/C21H20BrClF2N2O3S/c1-21(2,31(3,29)30)7-6-16-4-5-17(22)20(26-16)18(27-19(28)12-23)10-13-8-14(24)11-15(25)9-13/h4-5,8-9,11,18H,10,12H2,1-3H3,(H,27,28)/t18-/m0/s1. The van der Waals surface area contributed by atoms with Crippen LogP contribution in [0.2, 0.25) is 0 Å². The summed E-state index contributed by atoms with van der Waals surface area (Å²) in [4.78, 5) is 16.4. The minimum Gasteiger partial charge on any atom is -0.346 e. The van der Waals surface area contributed by atoms with Crippen molar-refractivity contribution in [1.82, 2.24) is 10.3 Å². The van der Waals surface area contributed by atoms with E-state index in [0.29, 0.717) is 15.7 Å². The predicted molar refractivity (Wildman–Crippen MR) is 119 cm³/mol. The number of nitrogens with zero attached hydrogens (tertiary/aromatic N) is 1. The lowest BCUT2D eigenvalue weighted by Crippen LogP contribution is -2.32. The highest BCUT2D eigenvalue weighted by Crippen LogP contribution is 2.26. The van der Waals surface area contributed by atoms with Gasteiger partial charge < -0.3 is 5.32 Å². The summed E-state index contributed by atoms with van der Waals surface area (Å²) in [5.74, 6) is 3.15. The van der Waals surface area contributed by atoms with Crippen molar-refractivity contribution >= 4 is 43.3 Å². The topological polar surface area (TPSA) is 76.1 Å². The van der Waals surface area contributed by atoms with Crippen LogP contribution in [0.5, 0.6) is 0 Å². The number of alkyl halides is 1. The third-order valence-electron chi connectivity index (χ3n) is 4.44. The van der Waals surface area contributed by atoms with Gasteiger partial charge in [-0.2, -0.15) is 0 Å². The highest BCUT2D eigenvalue weighted by Gasteiger charge is 2.27. The van der Waals surface area contributed by atoms with E-state index in [1.54, 1.807) is 12.1 Å². The Balaban J connectivity index is 2.48. The summed E-state index contributed by atoms with van der Waals surface area (Å²) >= 11 is 8.98. The molecule has 0 saturated heterocycles. The first-order chi connectivity index (χ1) is 14.3. The summed E-state index contributed by atoms with van der Waals surface area (Å²) < 4.78 is 50.2. The summed E-state index contributed by atoms with van der Waals surface area (Å²) in [6.45, 7) is 2.97. The number of nitrogens with one attached hydrogen (secondary N) is 1. The molecule has 0 aliphatic carbocycles. The molecule has 2 rings (SSSR count). The van der Waals surface area contributed by atoms with E-state index in [0.717, 1.165) is 24.5 Å². The van der Waals surface area contributed by atoms with Gasteiger partial charge in [-0.15, -0.1) is 11.6 Å². The first kappa shape index (κ1) is 25.2.